The van der Waals surface area contributed by atoms with E-state index >= 15 is 0 Å². The summed E-state index contributed by atoms with van der Waals surface area (Å²) in [5.74, 6) is -0.151. The van der Waals surface area contributed by atoms with Gasteiger partial charge in [-0.3, -0.25) is 0 Å². The Labute approximate surface area is 147 Å². The topological polar surface area (TPSA) is 54.4 Å². The Bertz CT molecular complexity index is 388. The largest absolute Gasteiger partial charge is 0.390 e. The van der Waals surface area contributed by atoms with Crippen LogP contribution in [0.25, 0.3) is 0 Å². The van der Waals surface area contributed by atoms with Gasteiger partial charge in [0.1, 0.15) is 12.7 Å². The fraction of sp³-hybridized carbons (Fsp3) is 0.800. The van der Waals surface area contributed by atoms with Crippen LogP contribution in [-0.4, -0.2) is 34.6 Å². The van der Waals surface area contributed by atoms with Gasteiger partial charge in [-0.2, -0.15) is 4.48 Å². The van der Waals surface area contributed by atoms with Crippen LogP contribution >= 0.6 is 0 Å². The minimum absolute atomic E-state index is 0.0756. The first kappa shape index (κ1) is 21.0. The van der Waals surface area contributed by atoms with Crippen molar-refractivity contribution in [3.63, 3.8) is 0 Å². The van der Waals surface area contributed by atoms with Gasteiger partial charge in [-0.05, 0) is 18.9 Å². The maximum absolute atomic E-state index is 12.0. The lowest BCUT2D eigenvalue weighted by molar-refractivity contribution is -0.720. The zero-order chi connectivity index (χ0) is 17.7. The van der Waals surface area contributed by atoms with Crippen LogP contribution in [0.1, 0.15) is 90.4 Å². The number of quaternary nitrogens is 1. The number of nitrogens with zero attached hydrogens (tertiary/aromatic N) is 1. The van der Waals surface area contributed by atoms with Crippen molar-refractivity contribution >= 4 is 11.8 Å². The predicted octanol–water partition coefficient (Wildman–Crippen LogP) is 4.47. The van der Waals surface area contributed by atoms with E-state index in [-0.39, 0.29) is 29.4 Å². The Kier molecular flexibility index (Phi) is 10.9. The lowest BCUT2D eigenvalue weighted by Gasteiger charge is -2.23. The number of rotatable bonds is 14. The van der Waals surface area contributed by atoms with E-state index in [1.807, 2.05) is 6.08 Å². The maximum atomic E-state index is 12.0. The quantitative estimate of drug-likeness (QED) is 0.289. The average molecular weight is 339 g/mol. The van der Waals surface area contributed by atoms with E-state index in [1.165, 1.54) is 57.8 Å². The summed E-state index contributed by atoms with van der Waals surface area (Å²) in [6.45, 7) is 2.30. The van der Waals surface area contributed by atoms with E-state index in [9.17, 15) is 9.59 Å². The van der Waals surface area contributed by atoms with Gasteiger partial charge in [0.2, 0.25) is 0 Å². The second-order valence-electron chi connectivity index (χ2n) is 6.96. The second-order valence-corrected chi connectivity index (χ2v) is 6.96. The van der Waals surface area contributed by atoms with Gasteiger partial charge in [-0.25, -0.2) is 9.59 Å². The summed E-state index contributed by atoms with van der Waals surface area (Å²) < 4.78 is -0.270. The summed E-state index contributed by atoms with van der Waals surface area (Å²) in [7, 11) is 0. The fourth-order valence-corrected chi connectivity index (χ4v) is 3.40. The average Bonchev–Trinajstić information content (AvgIpc) is 2.85. The highest BCUT2D eigenvalue weighted by molar-refractivity contribution is 5.92. The number of allylic oxidation sites excluding steroid dienone is 1. The van der Waals surface area contributed by atoms with Gasteiger partial charge in [-0.1, -0.05) is 64.7 Å². The molecule has 0 saturated carbocycles. The van der Waals surface area contributed by atoms with Crippen LogP contribution in [0, 0.1) is 0 Å². The highest BCUT2D eigenvalue weighted by Gasteiger charge is 2.47. The molecule has 4 heteroatoms. The summed E-state index contributed by atoms with van der Waals surface area (Å²) >= 11 is 0. The molecule has 1 aliphatic heterocycles. The Morgan fingerprint density at radius 1 is 0.875 bits per heavy atom. The van der Waals surface area contributed by atoms with E-state index in [0.717, 1.165) is 12.8 Å². The number of aliphatic hydroxyl groups is 1. The molecule has 1 saturated heterocycles. The number of hydrogen-bond donors (Lipinski definition) is 1. The third kappa shape index (κ3) is 6.86. The minimum atomic E-state index is -0.270. The number of amides is 2. The van der Waals surface area contributed by atoms with Gasteiger partial charge in [0, 0.05) is 0 Å². The molecule has 2 amide bonds. The molecule has 0 bridgehead atoms. The molecule has 24 heavy (non-hydrogen) atoms. The number of aliphatic hydroxyl groups excluding tert-OH is 1. The third-order valence-corrected chi connectivity index (χ3v) is 4.98. The zero-order valence-electron chi connectivity index (χ0n) is 15.5. The molecule has 0 aromatic rings. The van der Waals surface area contributed by atoms with Crippen molar-refractivity contribution in [1.82, 2.24) is 0 Å². The van der Waals surface area contributed by atoms with Gasteiger partial charge in [0.25, 0.3) is 0 Å². The number of likely N-dealkylation sites (tertiary alicyclic amines) is 1. The lowest BCUT2D eigenvalue weighted by atomic mass is 10.1. The van der Waals surface area contributed by atoms with Crippen molar-refractivity contribution in [1.29, 1.82) is 0 Å². The molecule has 0 radical (unpaired) electrons. The predicted molar refractivity (Wildman–Crippen MR) is 97.1 cm³/mol. The van der Waals surface area contributed by atoms with E-state index in [4.69, 9.17) is 5.11 Å². The Balaban J connectivity index is 2.12. The molecule has 0 unspecified atom stereocenters. The van der Waals surface area contributed by atoms with Crippen molar-refractivity contribution < 1.29 is 19.2 Å². The van der Waals surface area contributed by atoms with Crippen molar-refractivity contribution in [2.24, 2.45) is 0 Å². The molecule has 4 nitrogen and oxygen atoms in total. The Hall–Kier alpha value is -1.00. The summed E-state index contributed by atoms with van der Waals surface area (Å²) in [5, 5.41) is 9.16. The standard InChI is InChI=1S/C20H36NO3/c1-2-3-4-5-6-7-8-9-10-11-12-13-16-21(17-18-22)19(23)14-15-20(21)24/h13,16,22H,2-12,14-15,17-18H2,1H3/q+1. The zero-order valence-corrected chi connectivity index (χ0v) is 15.5. The maximum Gasteiger partial charge on any atom is 0.326 e. The van der Waals surface area contributed by atoms with Crippen LogP contribution in [0.2, 0.25) is 0 Å². The van der Waals surface area contributed by atoms with Crippen molar-refractivity contribution in [2.45, 2.75) is 90.4 Å². The first-order valence-corrected chi connectivity index (χ1v) is 9.90. The molecular formula is C20H36NO3+. The van der Waals surface area contributed by atoms with E-state index in [1.54, 1.807) is 6.20 Å². The monoisotopic (exact) mass is 338 g/mol. The van der Waals surface area contributed by atoms with Gasteiger partial charge < -0.3 is 5.11 Å². The Morgan fingerprint density at radius 3 is 1.88 bits per heavy atom. The molecule has 1 N–H and O–H groups in total. The number of carbonyl (C=O) groups excluding carboxylic acids is 2. The summed E-state index contributed by atoms with van der Waals surface area (Å²) in [4.78, 5) is 24.0. The summed E-state index contributed by atoms with van der Waals surface area (Å²) in [5.41, 5.74) is 0. The molecule has 138 valence electrons. The van der Waals surface area contributed by atoms with Gasteiger partial charge in [0.15, 0.2) is 0 Å². The molecule has 1 heterocycles. The number of hydrogen-bond acceptors (Lipinski definition) is 3. The molecule has 1 aliphatic rings. The summed E-state index contributed by atoms with van der Waals surface area (Å²) in [6, 6.07) is 0. The molecule has 0 aromatic heterocycles. The van der Waals surface area contributed by atoms with E-state index < -0.39 is 0 Å². The van der Waals surface area contributed by atoms with Crippen molar-refractivity contribution in [3.8, 4) is 0 Å². The highest BCUT2D eigenvalue weighted by Crippen LogP contribution is 2.24. The van der Waals surface area contributed by atoms with E-state index in [2.05, 4.69) is 6.92 Å². The lowest BCUT2D eigenvalue weighted by Crippen LogP contribution is -2.49. The molecular weight excluding hydrogens is 302 g/mol. The van der Waals surface area contributed by atoms with Gasteiger partial charge >= 0.3 is 11.8 Å². The third-order valence-electron chi connectivity index (χ3n) is 4.98. The number of imide groups is 1. The van der Waals surface area contributed by atoms with Crippen LogP contribution in [0.3, 0.4) is 0 Å². The van der Waals surface area contributed by atoms with Crippen LogP contribution in [0.4, 0.5) is 0 Å². The highest BCUT2D eigenvalue weighted by atomic mass is 16.3. The normalized spacial score (nSPS) is 17.2. The van der Waals surface area contributed by atoms with Crippen molar-refractivity contribution in [3.05, 3.63) is 12.3 Å². The molecule has 1 fully saturated rings. The molecule has 0 atom stereocenters. The van der Waals surface area contributed by atoms with Crippen molar-refractivity contribution in [2.75, 3.05) is 13.2 Å². The van der Waals surface area contributed by atoms with Crippen LogP contribution in [0.5, 0.6) is 0 Å². The summed E-state index contributed by atoms with van der Waals surface area (Å²) in [6.07, 6.45) is 18.3. The molecule has 0 aliphatic carbocycles. The van der Waals surface area contributed by atoms with Crippen LogP contribution in [0.15, 0.2) is 12.3 Å². The van der Waals surface area contributed by atoms with Gasteiger partial charge in [0.05, 0.1) is 19.4 Å². The second kappa shape index (κ2) is 12.4. The van der Waals surface area contributed by atoms with Crippen LogP contribution < -0.4 is 0 Å². The number of unbranched alkanes of at least 4 members (excludes halogenated alkanes) is 10. The molecule has 1 rings (SSSR count). The number of carbonyl (C=O) groups is 2. The molecule has 0 spiro atoms. The first-order chi connectivity index (χ1) is 11.7. The first-order valence-electron chi connectivity index (χ1n) is 9.90. The van der Waals surface area contributed by atoms with E-state index in [0.29, 0.717) is 12.8 Å². The Morgan fingerprint density at radius 2 is 1.38 bits per heavy atom. The molecule has 0 aromatic carbocycles. The fourth-order valence-electron chi connectivity index (χ4n) is 3.40. The smallest absolute Gasteiger partial charge is 0.326 e. The minimum Gasteiger partial charge on any atom is -0.390 e. The van der Waals surface area contributed by atoms with Gasteiger partial charge in [-0.15, -0.1) is 0 Å². The SMILES string of the molecule is CCCCCCCCCCCCC=C[N+]1(CCO)C(=O)CCC1=O. The van der Waals surface area contributed by atoms with Crippen LogP contribution in [-0.2, 0) is 9.59 Å².